The van der Waals surface area contributed by atoms with Crippen LogP contribution in [0.2, 0.25) is 36.3 Å². The molecule has 1 aliphatic carbocycles. The van der Waals surface area contributed by atoms with E-state index in [2.05, 4.69) is 106 Å². The minimum absolute atomic E-state index is 0.174. The highest BCUT2D eigenvalue weighted by Crippen LogP contribution is 2.55. The molecule has 2 fully saturated rings. The Morgan fingerprint density at radius 3 is 1.80 bits per heavy atom. The summed E-state index contributed by atoms with van der Waals surface area (Å²) >= 11 is 0. The zero-order chi connectivity index (χ0) is 30.7. The van der Waals surface area contributed by atoms with Gasteiger partial charge < -0.3 is 19.3 Å². The Hall–Kier alpha value is -0.926. The second-order valence-corrected chi connectivity index (χ2v) is 27.2. The van der Waals surface area contributed by atoms with Gasteiger partial charge >= 0.3 is 0 Å². The van der Waals surface area contributed by atoms with E-state index in [1.165, 1.54) is 23.1 Å². The molecule has 3 aliphatic rings. The minimum atomic E-state index is -1.91. The number of allylic oxidation sites excluding steroid dienone is 2. The van der Waals surface area contributed by atoms with Crippen LogP contribution < -0.4 is 5.73 Å². The summed E-state index contributed by atoms with van der Waals surface area (Å²) in [5.74, 6) is 0.400. The first-order valence-electron chi connectivity index (χ1n) is 16.2. The lowest BCUT2D eigenvalue weighted by atomic mass is 9.75. The van der Waals surface area contributed by atoms with Gasteiger partial charge in [0, 0.05) is 11.3 Å². The minimum Gasteiger partial charge on any atom is -0.414 e. The SMILES string of the molecule is CC1(C)CC=C(c2cc([C@H]3C[C@@]4(CO[Si](C)(C)C(C)(C)C)CC[C@@](CO[Si](C)(C)C(C)(C)C)(C3)O4)ccc2N)CC1. The maximum atomic E-state index is 7.19. The van der Waals surface area contributed by atoms with Crippen LogP contribution in [0.5, 0.6) is 0 Å². The van der Waals surface area contributed by atoms with Crippen LogP contribution in [0.15, 0.2) is 24.3 Å². The van der Waals surface area contributed by atoms with Crippen LogP contribution in [0.25, 0.3) is 5.57 Å². The monoisotopic (exact) mass is 599 g/mol. The molecule has 0 unspecified atom stereocenters. The van der Waals surface area contributed by atoms with Gasteiger partial charge in [0.15, 0.2) is 16.6 Å². The van der Waals surface area contributed by atoms with Crippen molar-refractivity contribution in [2.45, 2.75) is 154 Å². The van der Waals surface area contributed by atoms with Gasteiger partial charge in [0.2, 0.25) is 0 Å². The van der Waals surface area contributed by atoms with Crippen molar-refractivity contribution in [1.29, 1.82) is 0 Å². The molecule has 0 spiro atoms. The third-order valence-electron chi connectivity index (χ3n) is 11.6. The van der Waals surface area contributed by atoms with E-state index < -0.39 is 16.6 Å². The molecular weight excluding hydrogens is 539 g/mol. The van der Waals surface area contributed by atoms with Crippen LogP contribution in [-0.4, -0.2) is 41.1 Å². The van der Waals surface area contributed by atoms with E-state index >= 15 is 0 Å². The Labute approximate surface area is 254 Å². The van der Waals surface area contributed by atoms with Crippen molar-refractivity contribution in [2.24, 2.45) is 5.41 Å². The van der Waals surface area contributed by atoms with Gasteiger partial charge in [0.05, 0.1) is 24.4 Å². The van der Waals surface area contributed by atoms with Gasteiger partial charge in [-0.15, -0.1) is 0 Å². The fourth-order valence-electron chi connectivity index (χ4n) is 6.32. The zero-order valence-corrected chi connectivity index (χ0v) is 30.6. The third-order valence-corrected chi connectivity index (χ3v) is 20.5. The highest BCUT2D eigenvalue weighted by atomic mass is 28.4. The summed E-state index contributed by atoms with van der Waals surface area (Å²) in [5, 5.41) is 0.347. The lowest BCUT2D eigenvalue weighted by molar-refractivity contribution is -0.173. The second kappa shape index (κ2) is 10.9. The van der Waals surface area contributed by atoms with Gasteiger partial charge in [-0.3, -0.25) is 0 Å². The number of nitrogen functional groups attached to an aromatic ring is 1. The van der Waals surface area contributed by atoms with Gasteiger partial charge in [-0.25, -0.2) is 0 Å². The summed E-state index contributed by atoms with van der Waals surface area (Å²) < 4.78 is 21.0. The smallest absolute Gasteiger partial charge is 0.192 e. The van der Waals surface area contributed by atoms with E-state index in [4.69, 9.17) is 19.3 Å². The Morgan fingerprint density at radius 2 is 1.37 bits per heavy atom. The van der Waals surface area contributed by atoms with E-state index in [1.807, 2.05) is 0 Å². The Kier molecular flexibility index (Phi) is 8.77. The summed E-state index contributed by atoms with van der Waals surface area (Å²) in [4.78, 5) is 0. The van der Waals surface area contributed by atoms with Gasteiger partial charge in [-0.05, 0) is 116 Å². The number of fused-ring (bicyclic) bond motifs is 2. The van der Waals surface area contributed by atoms with Crippen LogP contribution in [0.4, 0.5) is 5.69 Å². The molecule has 3 atom stereocenters. The van der Waals surface area contributed by atoms with Gasteiger partial charge in [-0.1, -0.05) is 67.5 Å². The Morgan fingerprint density at radius 1 is 0.854 bits per heavy atom. The number of ether oxygens (including phenoxy) is 1. The molecule has 0 amide bonds. The van der Waals surface area contributed by atoms with Gasteiger partial charge in [0.1, 0.15) is 0 Å². The van der Waals surface area contributed by atoms with Crippen LogP contribution >= 0.6 is 0 Å². The highest BCUT2D eigenvalue weighted by Gasteiger charge is 2.57. The molecule has 2 bridgehead atoms. The lowest BCUT2D eigenvalue weighted by Gasteiger charge is -2.47. The first-order chi connectivity index (χ1) is 18.6. The van der Waals surface area contributed by atoms with Crippen molar-refractivity contribution in [2.75, 3.05) is 18.9 Å². The Bertz CT molecular complexity index is 1100. The van der Waals surface area contributed by atoms with E-state index in [0.717, 1.165) is 44.2 Å². The van der Waals surface area contributed by atoms with Crippen molar-refractivity contribution < 1.29 is 13.6 Å². The van der Waals surface area contributed by atoms with Crippen LogP contribution in [0, 0.1) is 5.41 Å². The largest absolute Gasteiger partial charge is 0.414 e. The molecule has 41 heavy (non-hydrogen) atoms. The molecule has 4 nitrogen and oxygen atoms in total. The average Bonchev–Trinajstić information content (AvgIpc) is 3.11. The van der Waals surface area contributed by atoms with Crippen molar-refractivity contribution >= 4 is 27.9 Å². The molecule has 2 saturated heterocycles. The number of rotatable bonds is 8. The van der Waals surface area contributed by atoms with Crippen LogP contribution in [0.1, 0.15) is 117 Å². The summed E-state index contributed by atoms with van der Waals surface area (Å²) in [6.45, 7) is 29.5. The van der Waals surface area contributed by atoms with Crippen LogP contribution in [0.3, 0.4) is 0 Å². The molecular formula is C35H61NO3Si2. The first kappa shape index (κ1) is 33.0. The molecule has 1 aromatic rings. The number of nitrogens with two attached hydrogens (primary N) is 1. The van der Waals surface area contributed by atoms with E-state index in [1.54, 1.807) is 0 Å². The maximum absolute atomic E-state index is 7.19. The summed E-state index contributed by atoms with van der Waals surface area (Å²) in [5.41, 5.74) is 11.4. The summed E-state index contributed by atoms with van der Waals surface area (Å²) in [6, 6.07) is 6.85. The number of benzene rings is 1. The third kappa shape index (κ3) is 7.08. The normalized spacial score (nSPS) is 29.0. The molecule has 6 heteroatoms. The zero-order valence-electron chi connectivity index (χ0n) is 28.6. The molecule has 1 aromatic carbocycles. The Balaban J connectivity index is 1.65. The van der Waals surface area contributed by atoms with Crippen molar-refractivity contribution in [3.63, 3.8) is 0 Å². The number of hydrogen-bond donors (Lipinski definition) is 1. The van der Waals surface area contributed by atoms with Gasteiger partial charge in [0.25, 0.3) is 0 Å². The quantitative estimate of drug-likeness (QED) is 0.239. The fourth-order valence-corrected chi connectivity index (χ4v) is 8.43. The fraction of sp³-hybridized carbons (Fsp3) is 0.771. The van der Waals surface area contributed by atoms with Gasteiger partial charge in [-0.2, -0.15) is 0 Å². The number of anilines is 1. The molecule has 2 heterocycles. The summed E-state index contributed by atoms with van der Waals surface area (Å²) in [6.07, 6.45) is 9.95. The topological polar surface area (TPSA) is 53.7 Å². The molecule has 0 aromatic heterocycles. The first-order valence-corrected chi connectivity index (χ1v) is 22.0. The molecule has 4 rings (SSSR count). The second-order valence-electron chi connectivity index (χ2n) is 17.6. The van der Waals surface area contributed by atoms with E-state index in [0.29, 0.717) is 24.5 Å². The highest BCUT2D eigenvalue weighted by molar-refractivity contribution is 6.74. The van der Waals surface area contributed by atoms with Crippen molar-refractivity contribution in [3.05, 3.63) is 35.4 Å². The van der Waals surface area contributed by atoms with Crippen molar-refractivity contribution in [3.8, 4) is 0 Å². The van der Waals surface area contributed by atoms with Crippen molar-refractivity contribution in [1.82, 2.24) is 0 Å². The average molecular weight is 600 g/mol. The predicted octanol–water partition coefficient (Wildman–Crippen LogP) is 10.1. The molecule has 232 valence electrons. The van der Waals surface area contributed by atoms with E-state index in [-0.39, 0.29) is 21.3 Å². The standard InChI is InChI=1S/C35H61NO3Si2/c1-31(2,3)40(9,10)37-24-34-19-20-35(39-34,25-38-41(11,12)32(4,5)6)23-28(22-34)27-13-14-30(36)29(21-27)26-15-17-33(7,8)18-16-26/h13-15,21,28H,16-20,22-25,36H2,1-12H3/t28-,34+,35-. The van der Waals surface area contributed by atoms with E-state index in [9.17, 15) is 0 Å². The predicted molar refractivity (Wildman–Crippen MR) is 181 cm³/mol. The summed E-state index contributed by atoms with van der Waals surface area (Å²) in [7, 11) is -3.82. The molecule has 0 saturated carbocycles. The maximum Gasteiger partial charge on any atom is 0.192 e. The lowest BCUT2D eigenvalue weighted by Crippen LogP contribution is -2.53. The van der Waals surface area contributed by atoms with Crippen LogP contribution in [-0.2, 0) is 13.6 Å². The molecule has 0 radical (unpaired) electrons. The number of hydrogen-bond acceptors (Lipinski definition) is 4. The molecule has 2 N–H and O–H groups in total. The molecule has 2 aliphatic heterocycles.